The van der Waals surface area contributed by atoms with Crippen LogP contribution in [0, 0.1) is 5.82 Å². The largest absolute Gasteiger partial charge is 0.491 e. The van der Waals surface area contributed by atoms with Gasteiger partial charge in [0.25, 0.3) is 5.91 Å². The summed E-state index contributed by atoms with van der Waals surface area (Å²) in [5.41, 5.74) is 1.41. The van der Waals surface area contributed by atoms with Crippen LogP contribution in [-0.4, -0.2) is 43.1 Å². The third-order valence-electron chi connectivity index (χ3n) is 4.16. The third-order valence-corrected chi connectivity index (χ3v) is 4.16. The zero-order valence-electron chi connectivity index (χ0n) is 15.5. The number of benzene rings is 2. The van der Waals surface area contributed by atoms with Crippen molar-refractivity contribution in [3.8, 4) is 11.5 Å². The van der Waals surface area contributed by atoms with Gasteiger partial charge in [-0.25, -0.2) is 9.18 Å². The number of fused-ring (bicyclic) bond motifs is 1. The Hall–Kier alpha value is -3.29. The van der Waals surface area contributed by atoms with E-state index in [1.807, 2.05) is 6.92 Å². The lowest BCUT2D eigenvalue weighted by Crippen LogP contribution is -2.36. The van der Waals surface area contributed by atoms with Gasteiger partial charge in [-0.3, -0.25) is 4.79 Å². The molecule has 0 saturated carbocycles. The van der Waals surface area contributed by atoms with E-state index in [9.17, 15) is 14.0 Å². The summed E-state index contributed by atoms with van der Waals surface area (Å²) in [5, 5.41) is 5.41. The number of hydrogen-bond donors (Lipinski definition) is 2. The van der Waals surface area contributed by atoms with Crippen molar-refractivity contribution in [3.05, 3.63) is 53.8 Å². The molecule has 0 unspecified atom stereocenters. The third kappa shape index (κ3) is 5.12. The summed E-state index contributed by atoms with van der Waals surface area (Å²) in [6, 6.07) is 10.5. The minimum absolute atomic E-state index is 0.155. The molecule has 0 fully saturated rings. The summed E-state index contributed by atoms with van der Waals surface area (Å²) in [5.74, 6) is 0.533. The van der Waals surface area contributed by atoms with Gasteiger partial charge in [-0.15, -0.1) is 0 Å². The number of halogens is 1. The van der Waals surface area contributed by atoms with Crippen molar-refractivity contribution < 1.29 is 23.5 Å². The van der Waals surface area contributed by atoms with Gasteiger partial charge in [0.2, 0.25) is 0 Å². The number of amides is 3. The lowest BCUT2D eigenvalue weighted by molar-refractivity contribution is -0.134. The highest BCUT2D eigenvalue weighted by Crippen LogP contribution is 2.26. The van der Waals surface area contributed by atoms with Crippen LogP contribution in [0.2, 0.25) is 0 Å². The monoisotopic (exact) mass is 387 g/mol. The number of urea groups is 1. The molecular weight excluding hydrogens is 365 g/mol. The maximum absolute atomic E-state index is 12.9. The van der Waals surface area contributed by atoms with Gasteiger partial charge in [-0.2, -0.15) is 0 Å². The molecule has 1 heterocycles. The summed E-state index contributed by atoms with van der Waals surface area (Å²) in [7, 11) is 0. The lowest BCUT2D eigenvalue weighted by Gasteiger charge is -2.20. The Balaban J connectivity index is 1.64. The highest BCUT2D eigenvalue weighted by Gasteiger charge is 2.21. The van der Waals surface area contributed by atoms with E-state index in [0.717, 1.165) is 5.56 Å². The van der Waals surface area contributed by atoms with Crippen LogP contribution in [0.15, 0.2) is 42.5 Å². The average Bonchev–Trinajstić information content (AvgIpc) is 2.89. The Labute approximate surface area is 162 Å². The van der Waals surface area contributed by atoms with Gasteiger partial charge >= 0.3 is 6.03 Å². The van der Waals surface area contributed by atoms with E-state index in [0.29, 0.717) is 43.4 Å². The number of nitrogens with zero attached hydrogens (tertiary/aromatic N) is 1. The maximum Gasteiger partial charge on any atom is 0.319 e. The summed E-state index contributed by atoms with van der Waals surface area (Å²) in [6.45, 7) is 3.32. The Morgan fingerprint density at radius 2 is 2.00 bits per heavy atom. The van der Waals surface area contributed by atoms with Crippen LogP contribution >= 0.6 is 0 Å². The molecule has 2 aromatic carbocycles. The molecule has 0 saturated heterocycles. The van der Waals surface area contributed by atoms with Crippen LogP contribution in [0.3, 0.4) is 0 Å². The van der Waals surface area contributed by atoms with Gasteiger partial charge < -0.3 is 25.0 Å². The maximum atomic E-state index is 12.9. The van der Waals surface area contributed by atoms with Crippen molar-refractivity contribution in [2.24, 2.45) is 0 Å². The van der Waals surface area contributed by atoms with Crippen molar-refractivity contribution in [2.75, 3.05) is 31.6 Å². The van der Waals surface area contributed by atoms with Crippen LogP contribution in [0.5, 0.6) is 11.5 Å². The number of nitrogens with one attached hydrogen (secondary N) is 2. The minimum Gasteiger partial charge on any atom is -0.491 e. The van der Waals surface area contributed by atoms with Crippen molar-refractivity contribution in [1.82, 2.24) is 10.2 Å². The number of ether oxygens (including phenoxy) is 2. The fourth-order valence-electron chi connectivity index (χ4n) is 2.79. The van der Waals surface area contributed by atoms with Crippen LogP contribution in [0.1, 0.15) is 12.5 Å². The predicted octanol–water partition coefficient (Wildman–Crippen LogP) is 2.77. The highest BCUT2D eigenvalue weighted by atomic mass is 19.1. The second kappa shape index (κ2) is 9.07. The smallest absolute Gasteiger partial charge is 0.319 e. The van der Waals surface area contributed by atoms with Crippen LogP contribution in [-0.2, 0) is 11.3 Å². The Morgan fingerprint density at radius 3 is 2.75 bits per heavy atom. The second-order valence-electron chi connectivity index (χ2n) is 6.21. The van der Waals surface area contributed by atoms with E-state index < -0.39 is 0 Å². The van der Waals surface area contributed by atoms with E-state index in [1.165, 1.54) is 24.3 Å². The van der Waals surface area contributed by atoms with Gasteiger partial charge in [0, 0.05) is 24.3 Å². The Kier molecular flexibility index (Phi) is 6.31. The zero-order valence-corrected chi connectivity index (χ0v) is 15.5. The lowest BCUT2D eigenvalue weighted by atomic mass is 10.1. The molecule has 7 nitrogen and oxygen atoms in total. The van der Waals surface area contributed by atoms with Crippen LogP contribution in [0.25, 0.3) is 0 Å². The number of carbonyl (C=O) groups excluding carboxylic acids is 2. The average molecular weight is 387 g/mol. The first-order chi connectivity index (χ1) is 13.5. The summed E-state index contributed by atoms with van der Waals surface area (Å²) in [6.07, 6.45) is 0. The first-order valence-electron chi connectivity index (χ1n) is 9.02. The van der Waals surface area contributed by atoms with Gasteiger partial charge in [0.1, 0.15) is 23.9 Å². The molecule has 1 aliphatic rings. The summed E-state index contributed by atoms with van der Waals surface area (Å²) >= 11 is 0. The number of carbonyl (C=O) groups is 2. The van der Waals surface area contributed by atoms with E-state index in [1.54, 1.807) is 23.1 Å². The topological polar surface area (TPSA) is 79.9 Å². The Bertz CT molecular complexity index is 842. The SMILES string of the molecule is CCNC(=O)Nc1ccc2c(c1)CN(C(=O)COc1ccc(F)cc1)CCO2. The first-order valence-corrected chi connectivity index (χ1v) is 9.02. The minimum atomic E-state index is -0.364. The molecule has 2 N–H and O–H groups in total. The fraction of sp³-hybridized carbons (Fsp3) is 0.300. The molecule has 0 bridgehead atoms. The molecule has 3 amide bonds. The molecule has 8 heteroatoms. The van der Waals surface area contributed by atoms with Crippen LogP contribution < -0.4 is 20.1 Å². The fourth-order valence-corrected chi connectivity index (χ4v) is 2.79. The van der Waals surface area contributed by atoms with Crippen LogP contribution in [0.4, 0.5) is 14.9 Å². The zero-order chi connectivity index (χ0) is 19.9. The Morgan fingerprint density at radius 1 is 1.21 bits per heavy atom. The van der Waals surface area contributed by atoms with Crippen molar-refractivity contribution in [2.45, 2.75) is 13.5 Å². The molecule has 28 heavy (non-hydrogen) atoms. The van der Waals surface area contributed by atoms with E-state index in [2.05, 4.69) is 10.6 Å². The standard InChI is InChI=1S/C20H22FN3O4/c1-2-22-20(26)23-16-5-8-18-14(11-16)12-24(9-10-27-18)19(25)13-28-17-6-3-15(21)4-7-17/h3-8,11H,2,9-10,12-13H2,1H3,(H2,22,23,26). The molecule has 0 atom stereocenters. The molecule has 0 aliphatic carbocycles. The molecule has 148 valence electrons. The molecule has 2 aromatic rings. The number of hydrogen-bond acceptors (Lipinski definition) is 4. The molecule has 1 aliphatic heterocycles. The predicted molar refractivity (Wildman–Crippen MR) is 102 cm³/mol. The van der Waals surface area contributed by atoms with E-state index >= 15 is 0 Å². The molecule has 0 spiro atoms. The number of rotatable bonds is 5. The molecule has 3 rings (SSSR count). The van der Waals surface area contributed by atoms with Gasteiger partial charge in [-0.05, 0) is 49.4 Å². The summed E-state index contributed by atoms with van der Waals surface area (Å²) < 4.78 is 24.1. The normalized spacial score (nSPS) is 13.0. The molecular formula is C20H22FN3O4. The number of anilines is 1. The second-order valence-corrected chi connectivity index (χ2v) is 6.21. The van der Waals surface area contributed by atoms with Gasteiger partial charge in [0.05, 0.1) is 6.54 Å². The van der Waals surface area contributed by atoms with Crippen molar-refractivity contribution in [3.63, 3.8) is 0 Å². The first kappa shape index (κ1) is 19.5. The quantitative estimate of drug-likeness (QED) is 0.827. The van der Waals surface area contributed by atoms with Crippen molar-refractivity contribution >= 4 is 17.6 Å². The van der Waals surface area contributed by atoms with Gasteiger partial charge in [-0.1, -0.05) is 0 Å². The van der Waals surface area contributed by atoms with E-state index in [-0.39, 0.29) is 24.4 Å². The highest BCUT2D eigenvalue weighted by molar-refractivity contribution is 5.89. The molecule has 0 aromatic heterocycles. The van der Waals surface area contributed by atoms with Gasteiger partial charge in [0.15, 0.2) is 6.61 Å². The molecule has 0 radical (unpaired) electrons. The summed E-state index contributed by atoms with van der Waals surface area (Å²) in [4.78, 5) is 25.9. The van der Waals surface area contributed by atoms with E-state index in [4.69, 9.17) is 9.47 Å². The van der Waals surface area contributed by atoms with Crippen molar-refractivity contribution in [1.29, 1.82) is 0 Å².